The molecule has 0 aromatic rings. The molecule has 1 fully saturated rings. The number of piperidine rings is 1. The van der Waals surface area contributed by atoms with E-state index in [4.69, 9.17) is 0 Å². The molecule has 0 radical (unpaired) electrons. The summed E-state index contributed by atoms with van der Waals surface area (Å²) in [4.78, 5) is 18.7. The maximum absolute atomic E-state index is 11.4. The highest BCUT2D eigenvalue weighted by atomic mass is 16.4. The lowest BCUT2D eigenvalue weighted by molar-refractivity contribution is 0.0428. The molecule has 1 N–H and O–H groups in total. The van der Waals surface area contributed by atoms with E-state index in [0.29, 0.717) is 12.1 Å². The van der Waals surface area contributed by atoms with Crippen LogP contribution in [0.15, 0.2) is 0 Å². The standard InChI is InChI=1S/C37H75N3O2/c1-5-8-11-14-17-20-23-29-38(30-24-21-18-15-12-9-6-2)35(4)39(31-25-22-19-16-13-10-7-3)32-26-36-27-33-40(34-28-36)37(41)42/h35-36H,5-34H2,1-4H3,(H,41,42). The summed E-state index contributed by atoms with van der Waals surface area (Å²) in [5.74, 6) is 0.670. The molecular formula is C37H75N3O2. The molecule has 0 saturated carbocycles. The monoisotopic (exact) mass is 594 g/mol. The minimum absolute atomic E-state index is 0.504. The Morgan fingerprint density at radius 2 is 0.929 bits per heavy atom. The van der Waals surface area contributed by atoms with Crippen LogP contribution in [0.4, 0.5) is 4.79 Å². The zero-order valence-electron chi connectivity index (χ0n) is 29.1. The molecule has 1 aliphatic rings. The van der Waals surface area contributed by atoms with Gasteiger partial charge in [0.15, 0.2) is 0 Å². The molecule has 250 valence electrons. The first-order chi connectivity index (χ1) is 20.5. The third-order valence-corrected chi connectivity index (χ3v) is 9.91. The molecule has 1 unspecified atom stereocenters. The van der Waals surface area contributed by atoms with Gasteiger partial charge in [-0.15, -0.1) is 0 Å². The molecule has 0 bridgehead atoms. The highest BCUT2D eigenvalue weighted by Gasteiger charge is 2.25. The van der Waals surface area contributed by atoms with Gasteiger partial charge in [-0.05, 0) is 77.5 Å². The fourth-order valence-electron chi connectivity index (χ4n) is 6.78. The average molecular weight is 594 g/mol. The van der Waals surface area contributed by atoms with Gasteiger partial charge in [-0.2, -0.15) is 0 Å². The van der Waals surface area contributed by atoms with E-state index in [1.807, 2.05) is 0 Å². The van der Waals surface area contributed by atoms with Gasteiger partial charge in [0.05, 0.1) is 6.17 Å². The van der Waals surface area contributed by atoms with E-state index in [0.717, 1.165) is 25.9 Å². The molecule has 42 heavy (non-hydrogen) atoms. The number of hydrogen-bond donors (Lipinski definition) is 1. The van der Waals surface area contributed by atoms with Crippen molar-refractivity contribution in [2.75, 3.05) is 39.3 Å². The van der Waals surface area contributed by atoms with E-state index in [1.54, 1.807) is 4.90 Å². The van der Waals surface area contributed by atoms with Gasteiger partial charge in [0.25, 0.3) is 0 Å². The molecule has 1 atom stereocenters. The predicted molar refractivity (Wildman–Crippen MR) is 184 cm³/mol. The number of rotatable bonds is 29. The van der Waals surface area contributed by atoms with E-state index in [9.17, 15) is 9.90 Å². The van der Waals surface area contributed by atoms with Crippen molar-refractivity contribution in [1.82, 2.24) is 14.7 Å². The summed E-state index contributed by atoms with van der Waals surface area (Å²) >= 11 is 0. The van der Waals surface area contributed by atoms with Crippen LogP contribution in [0.25, 0.3) is 0 Å². The quantitative estimate of drug-likeness (QED) is 0.0692. The molecule has 1 heterocycles. The maximum Gasteiger partial charge on any atom is 0.407 e. The average Bonchev–Trinajstić information content (AvgIpc) is 3.00. The highest BCUT2D eigenvalue weighted by Crippen LogP contribution is 2.23. The number of likely N-dealkylation sites (tertiary alicyclic amines) is 1. The third kappa shape index (κ3) is 20.2. The van der Waals surface area contributed by atoms with E-state index >= 15 is 0 Å². The number of hydrogen-bond acceptors (Lipinski definition) is 3. The molecule has 0 aliphatic carbocycles. The molecule has 0 aromatic carbocycles. The van der Waals surface area contributed by atoms with Crippen molar-refractivity contribution in [2.45, 2.75) is 188 Å². The zero-order valence-corrected chi connectivity index (χ0v) is 29.1. The van der Waals surface area contributed by atoms with Crippen molar-refractivity contribution in [1.29, 1.82) is 0 Å². The summed E-state index contributed by atoms with van der Waals surface area (Å²) in [7, 11) is 0. The normalized spacial score (nSPS) is 15.2. The van der Waals surface area contributed by atoms with Crippen LogP contribution in [0.2, 0.25) is 0 Å². The van der Waals surface area contributed by atoms with E-state index in [-0.39, 0.29) is 0 Å². The second-order valence-corrected chi connectivity index (χ2v) is 13.6. The lowest BCUT2D eigenvalue weighted by atomic mass is 9.93. The number of carbonyl (C=O) groups is 1. The minimum Gasteiger partial charge on any atom is -0.465 e. The van der Waals surface area contributed by atoms with Crippen LogP contribution >= 0.6 is 0 Å². The lowest BCUT2D eigenvalue weighted by Gasteiger charge is -2.39. The van der Waals surface area contributed by atoms with E-state index in [1.165, 1.54) is 167 Å². The number of unbranched alkanes of at least 4 members (excludes halogenated alkanes) is 18. The Bertz CT molecular complexity index is 576. The van der Waals surface area contributed by atoms with Gasteiger partial charge in [-0.25, -0.2) is 4.79 Å². The second-order valence-electron chi connectivity index (χ2n) is 13.6. The fourth-order valence-corrected chi connectivity index (χ4v) is 6.78. The zero-order chi connectivity index (χ0) is 30.7. The Balaban J connectivity index is 2.69. The maximum atomic E-state index is 11.4. The molecule has 0 spiro atoms. The Morgan fingerprint density at radius 3 is 1.29 bits per heavy atom. The first kappa shape index (κ1) is 39.2. The lowest BCUT2D eigenvalue weighted by Crippen LogP contribution is -2.48. The van der Waals surface area contributed by atoms with Crippen molar-refractivity contribution >= 4 is 6.09 Å². The molecule has 1 aliphatic heterocycles. The van der Waals surface area contributed by atoms with Gasteiger partial charge in [-0.3, -0.25) is 9.80 Å². The van der Waals surface area contributed by atoms with Gasteiger partial charge in [0.1, 0.15) is 0 Å². The van der Waals surface area contributed by atoms with E-state index < -0.39 is 6.09 Å². The van der Waals surface area contributed by atoms with Gasteiger partial charge < -0.3 is 10.0 Å². The largest absolute Gasteiger partial charge is 0.465 e. The second kappa shape index (κ2) is 27.7. The van der Waals surface area contributed by atoms with Crippen LogP contribution in [-0.4, -0.2) is 71.3 Å². The Hall–Kier alpha value is -0.810. The smallest absolute Gasteiger partial charge is 0.407 e. The van der Waals surface area contributed by atoms with Gasteiger partial charge in [0.2, 0.25) is 0 Å². The Morgan fingerprint density at radius 1 is 0.595 bits per heavy atom. The molecule has 5 nitrogen and oxygen atoms in total. The molecule has 1 amide bonds. The van der Waals surface area contributed by atoms with Crippen molar-refractivity contribution in [2.24, 2.45) is 5.92 Å². The number of carboxylic acid groups (broad SMARTS) is 1. The Labute approximate surface area is 263 Å². The summed E-state index contributed by atoms with van der Waals surface area (Å²) in [6, 6.07) is 0. The summed E-state index contributed by atoms with van der Waals surface area (Å²) in [5.41, 5.74) is 0. The minimum atomic E-state index is -0.742. The van der Waals surface area contributed by atoms with Crippen LogP contribution in [0, 0.1) is 5.92 Å². The Kier molecular flexibility index (Phi) is 25.9. The summed E-state index contributed by atoms with van der Waals surface area (Å²) in [6.45, 7) is 15.7. The molecule has 5 heteroatoms. The van der Waals surface area contributed by atoms with Gasteiger partial charge in [-0.1, -0.05) is 136 Å². The van der Waals surface area contributed by atoms with Crippen molar-refractivity contribution in [3.8, 4) is 0 Å². The summed E-state index contributed by atoms with van der Waals surface area (Å²) in [6.07, 6.45) is 31.9. The third-order valence-electron chi connectivity index (χ3n) is 9.91. The molecular weight excluding hydrogens is 518 g/mol. The van der Waals surface area contributed by atoms with Crippen molar-refractivity contribution < 1.29 is 9.90 Å². The molecule has 1 saturated heterocycles. The van der Waals surface area contributed by atoms with Crippen LogP contribution < -0.4 is 0 Å². The van der Waals surface area contributed by atoms with Crippen LogP contribution in [-0.2, 0) is 0 Å². The van der Waals surface area contributed by atoms with Gasteiger partial charge >= 0.3 is 6.09 Å². The molecule has 0 aromatic heterocycles. The first-order valence-electron chi connectivity index (χ1n) is 19.0. The van der Waals surface area contributed by atoms with Crippen LogP contribution in [0.3, 0.4) is 0 Å². The number of nitrogens with zero attached hydrogens (tertiary/aromatic N) is 3. The van der Waals surface area contributed by atoms with E-state index in [2.05, 4.69) is 37.5 Å². The van der Waals surface area contributed by atoms with Crippen molar-refractivity contribution in [3.05, 3.63) is 0 Å². The highest BCUT2D eigenvalue weighted by molar-refractivity contribution is 5.64. The van der Waals surface area contributed by atoms with Crippen LogP contribution in [0.5, 0.6) is 0 Å². The topological polar surface area (TPSA) is 47.0 Å². The van der Waals surface area contributed by atoms with Crippen LogP contribution in [0.1, 0.15) is 182 Å². The fraction of sp³-hybridized carbons (Fsp3) is 0.973. The SMILES string of the molecule is CCCCCCCCCN(CCCCCCCCC)C(C)N(CCCCCCCCC)CCC1CCN(C(=O)O)CC1. The van der Waals surface area contributed by atoms with Crippen molar-refractivity contribution in [3.63, 3.8) is 0 Å². The molecule has 1 rings (SSSR count). The number of amides is 1. The summed E-state index contributed by atoms with van der Waals surface area (Å²) in [5, 5.41) is 9.36. The predicted octanol–water partition coefficient (Wildman–Crippen LogP) is 11.0. The summed E-state index contributed by atoms with van der Waals surface area (Å²) < 4.78 is 0. The first-order valence-corrected chi connectivity index (χ1v) is 19.0. The van der Waals surface area contributed by atoms with Gasteiger partial charge in [0, 0.05) is 13.1 Å².